The molecule has 1 aromatic carbocycles. The molecule has 1 atom stereocenters. The number of hydrogen-bond donors (Lipinski definition) is 1. The molecule has 136 valence electrons. The zero-order chi connectivity index (χ0) is 18.0. The third-order valence-corrected chi connectivity index (χ3v) is 5.94. The molecular formula is C19H27N3O2S. The van der Waals surface area contributed by atoms with Crippen molar-refractivity contribution in [2.24, 2.45) is 0 Å². The fraction of sp³-hybridized carbons (Fsp3) is 0.579. The van der Waals surface area contributed by atoms with Crippen LogP contribution in [0.3, 0.4) is 0 Å². The second-order valence-corrected chi connectivity index (χ2v) is 8.05. The van der Waals surface area contributed by atoms with Crippen molar-refractivity contribution >= 4 is 23.6 Å². The molecule has 25 heavy (non-hydrogen) atoms. The first-order valence-electron chi connectivity index (χ1n) is 8.94. The van der Waals surface area contributed by atoms with Gasteiger partial charge in [0.2, 0.25) is 5.91 Å². The molecule has 2 aliphatic heterocycles. The summed E-state index contributed by atoms with van der Waals surface area (Å²) in [6.45, 7) is 8.74. The molecule has 2 fully saturated rings. The SMILES string of the molecule is Cc1cc(C)c(C(=O)N2CCCN(C(=O)C3CSCN3)CC2)c(C)c1. The highest BCUT2D eigenvalue weighted by atomic mass is 32.2. The van der Waals surface area contributed by atoms with E-state index in [0.717, 1.165) is 41.3 Å². The van der Waals surface area contributed by atoms with Crippen molar-refractivity contribution in [2.75, 3.05) is 37.8 Å². The Balaban J connectivity index is 1.68. The minimum atomic E-state index is -0.0613. The minimum Gasteiger partial charge on any atom is -0.339 e. The lowest BCUT2D eigenvalue weighted by Crippen LogP contribution is -2.46. The van der Waals surface area contributed by atoms with Gasteiger partial charge in [-0.3, -0.25) is 14.9 Å². The van der Waals surface area contributed by atoms with E-state index in [0.29, 0.717) is 19.6 Å². The quantitative estimate of drug-likeness (QED) is 0.875. The van der Waals surface area contributed by atoms with Crippen LogP contribution < -0.4 is 5.32 Å². The minimum absolute atomic E-state index is 0.0613. The molecule has 6 heteroatoms. The second-order valence-electron chi connectivity index (χ2n) is 7.02. The lowest BCUT2D eigenvalue weighted by atomic mass is 9.98. The van der Waals surface area contributed by atoms with E-state index in [2.05, 4.69) is 24.4 Å². The lowest BCUT2D eigenvalue weighted by Gasteiger charge is -2.25. The maximum Gasteiger partial charge on any atom is 0.254 e. The summed E-state index contributed by atoms with van der Waals surface area (Å²) < 4.78 is 0. The van der Waals surface area contributed by atoms with Crippen molar-refractivity contribution in [1.29, 1.82) is 0 Å². The first kappa shape index (κ1) is 18.3. The van der Waals surface area contributed by atoms with E-state index in [1.54, 1.807) is 11.8 Å². The maximum absolute atomic E-state index is 13.0. The second kappa shape index (κ2) is 7.79. The van der Waals surface area contributed by atoms with Gasteiger partial charge >= 0.3 is 0 Å². The van der Waals surface area contributed by atoms with E-state index in [-0.39, 0.29) is 17.9 Å². The van der Waals surface area contributed by atoms with Crippen LogP contribution in [0.4, 0.5) is 0 Å². The van der Waals surface area contributed by atoms with Gasteiger partial charge in [-0.25, -0.2) is 0 Å². The van der Waals surface area contributed by atoms with Gasteiger partial charge in [-0.05, 0) is 38.3 Å². The third-order valence-electron chi connectivity index (χ3n) is 5.00. The first-order chi connectivity index (χ1) is 12.0. The first-order valence-corrected chi connectivity index (χ1v) is 10.1. The van der Waals surface area contributed by atoms with Crippen LogP contribution in [-0.4, -0.2) is 65.5 Å². The number of aryl methyl sites for hydroxylation is 3. The molecule has 0 radical (unpaired) electrons. The summed E-state index contributed by atoms with van der Waals surface area (Å²) in [5, 5.41) is 3.25. The van der Waals surface area contributed by atoms with E-state index < -0.39 is 0 Å². The predicted molar refractivity (Wildman–Crippen MR) is 102 cm³/mol. The van der Waals surface area contributed by atoms with Crippen LogP contribution in [-0.2, 0) is 4.79 Å². The molecular weight excluding hydrogens is 334 g/mol. The molecule has 0 aliphatic carbocycles. The van der Waals surface area contributed by atoms with Crippen molar-refractivity contribution in [3.8, 4) is 0 Å². The molecule has 2 saturated heterocycles. The number of amides is 2. The number of thioether (sulfide) groups is 1. The van der Waals surface area contributed by atoms with Crippen LogP contribution in [0.15, 0.2) is 12.1 Å². The standard InChI is InChI=1S/C19H27N3O2S/c1-13-9-14(2)17(15(3)10-13)19(24)22-6-4-5-21(7-8-22)18(23)16-11-25-12-20-16/h9-10,16,20H,4-8,11-12H2,1-3H3. The summed E-state index contributed by atoms with van der Waals surface area (Å²) in [5.41, 5.74) is 4.07. The molecule has 2 amide bonds. The summed E-state index contributed by atoms with van der Waals surface area (Å²) in [6.07, 6.45) is 0.835. The van der Waals surface area contributed by atoms with Gasteiger partial charge in [0.05, 0.1) is 6.04 Å². The van der Waals surface area contributed by atoms with Crippen molar-refractivity contribution < 1.29 is 9.59 Å². The highest BCUT2D eigenvalue weighted by molar-refractivity contribution is 7.99. The van der Waals surface area contributed by atoms with Crippen molar-refractivity contribution in [1.82, 2.24) is 15.1 Å². The Morgan fingerprint density at radius 1 is 1.04 bits per heavy atom. The highest BCUT2D eigenvalue weighted by Crippen LogP contribution is 2.20. The average molecular weight is 362 g/mol. The van der Waals surface area contributed by atoms with Crippen LogP contribution in [0.2, 0.25) is 0 Å². The molecule has 0 aromatic heterocycles. The van der Waals surface area contributed by atoms with Gasteiger partial charge < -0.3 is 9.80 Å². The number of nitrogens with zero attached hydrogens (tertiary/aromatic N) is 2. The third kappa shape index (κ3) is 4.01. The molecule has 3 rings (SSSR count). The number of rotatable bonds is 2. The predicted octanol–water partition coefficient (Wildman–Crippen LogP) is 1.95. The number of hydrogen-bond acceptors (Lipinski definition) is 4. The molecule has 0 bridgehead atoms. The fourth-order valence-corrected chi connectivity index (χ4v) is 4.72. The summed E-state index contributed by atoms with van der Waals surface area (Å²) >= 11 is 1.76. The van der Waals surface area contributed by atoms with E-state index in [1.165, 1.54) is 5.56 Å². The Bertz CT molecular complexity index is 648. The number of carbonyl (C=O) groups is 2. The van der Waals surface area contributed by atoms with Crippen LogP contribution in [0.1, 0.15) is 33.5 Å². The number of benzene rings is 1. The summed E-state index contributed by atoms with van der Waals surface area (Å²) in [5.74, 6) is 1.97. The van der Waals surface area contributed by atoms with Gasteiger partial charge in [0, 0.05) is 43.4 Å². The Kier molecular flexibility index (Phi) is 5.69. The Hall–Kier alpha value is -1.53. The Labute approximate surface area is 154 Å². The highest BCUT2D eigenvalue weighted by Gasteiger charge is 2.30. The van der Waals surface area contributed by atoms with Gasteiger partial charge in [0.1, 0.15) is 0 Å². The number of carbonyl (C=O) groups excluding carboxylic acids is 2. The van der Waals surface area contributed by atoms with Gasteiger partial charge in [-0.15, -0.1) is 11.8 Å². The summed E-state index contributed by atoms with van der Waals surface area (Å²) in [4.78, 5) is 29.5. The van der Waals surface area contributed by atoms with Gasteiger partial charge in [-0.2, -0.15) is 0 Å². The van der Waals surface area contributed by atoms with E-state index in [1.807, 2.05) is 23.6 Å². The fourth-order valence-electron chi connectivity index (χ4n) is 3.79. The smallest absolute Gasteiger partial charge is 0.254 e. The topological polar surface area (TPSA) is 52.7 Å². The van der Waals surface area contributed by atoms with E-state index in [9.17, 15) is 9.59 Å². The largest absolute Gasteiger partial charge is 0.339 e. The van der Waals surface area contributed by atoms with Gasteiger partial charge in [0.25, 0.3) is 5.91 Å². The normalized spacial score (nSPS) is 21.3. The molecule has 2 aliphatic rings. The molecule has 2 heterocycles. The molecule has 0 saturated carbocycles. The molecule has 1 aromatic rings. The zero-order valence-corrected chi connectivity index (χ0v) is 16.1. The molecule has 5 nitrogen and oxygen atoms in total. The summed E-state index contributed by atoms with van der Waals surface area (Å²) in [6, 6.07) is 4.07. The zero-order valence-electron chi connectivity index (χ0n) is 15.3. The molecule has 1 unspecified atom stereocenters. The van der Waals surface area contributed by atoms with E-state index >= 15 is 0 Å². The van der Waals surface area contributed by atoms with Crippen molar-refractivity contribution in [2.45, 2.75) is 33.2 Å². The van der Waals surface area contributed by atoms with Crippen LogP contribution in [0.25, 0.3) is 0 Å². The summed E-state index contributed by atoms with van der Waals surface area (Å²) in [7, 11) is 0. The number of nitrogens with one attached hydrogen (secondary N) is 1. The maximum atomic E-state index is 13.0. The Morgan fingerprint density at radius 3 is 2.32 bits per heavy atom. The van der Waals surface area contributed by atoms with Crippen molar-refractivity contribution in [3.05, 3.63) is 34.4 Å². The molecule has 1 N–H and O–H groups in total. The van der Waals surface area contributed by atoms with Crippen LogP contribution in [0.5, 0.6) is 0 Å². The van der Waals surface area contributed by atoms with Crippen LogP contribution >= 0.6 is 11.8 Å². The monoisotopic (exact) mass is 361 g/mol. The van der Waals surface area contributed by atoms with E-state index in [4.69, 9.17) is 0 Å². The van der Waals surface area contributed by atoms with Crippen LogP contribution in [0, 0.1) is 20.8 Å². The van der Waals surface area contributed by atoms with Crippen molar-refractivity contribution in [3.63, 3.8) is 0 Å². The average Bonchev–Trinajstić information content (AvgIpc) is 2.97. The lowest BCUT2D eigenvalue weighted by molar-refractivity contribution is -0.132. The van der Waals surface area contributed by atoms with Gasteiger partial charge in [0.15, 0.2) is 0 Å². The Morgan fingerprint density at radius 2 is 1.68 bits per heavy atom. The molecule has 0 spiro atoms. The van der Waals surface area contributed by atoms with Gasteiger partial charge in [-0.1, -0.05) is 17.7 Å².